The summed E-state index contributed by atoms with van der Waals surface area (Å²) in [5.74, 6) is -0.0437. The molecule has 1 N–H and O–H groups in total. The summed E-state index contributed by atoms with van der Waals surface area (Å²) in [5.41, 5.74) is 1.76. The molecular formula is C15H17NO4S. The van der Waals surface area contributed by atoms with Gasteiger partial charge in [0.15, 0.2) is 0 Å². The summed E-state index contributed by atoms with van der Waals surface area (Å²) in [5, 5.41) is 9.67. The van der Waals surface area contributed by atoms with Gasteiger partial charge >= 0.3 is 5.97 Å². The van der Waals surface area contributed by atoms with Gasteiger partial charge in [-0.15, -0.1) is 11.3 Å². The SMILES string of the molecule is COCc1nc(-c2cccc(OC)c2)sc1CCC(=O)O. The highest BCUT2D eigenvalue weighted by atomic mass is 32.1. The zero-order valence-electron chi connectivity index (χ0n) is 12.0. The third kappa shape index (κ3) is 4.03. The van der Waals surface area contributed by atoms with E-state index in [4.69, 9.17) is 14.6 Å². The average molecular weight is 307 g/mol. The molecule has 0 aliphatic heterocycles. The fourth-order valence-electron chi connectivity index (χ4n) is 1.93. The van der Waals surface area contributed by atoms with E-state index in [0.29, 0.717) is 13.0 Å². The van der Waals surface area contributed by atoms with Crippen LogP contribution in [-0.4, -0.2) is 30.3 Å². The summed E-state index contributed by atoms with van der Waals surface area (Å²) >= 11 is 1.50. The Morgan fingerprint density at radius 1 is 1.38 bits per heavy atom. The van der Waals surface area contributed by atoms with Crippen LogP contribution in [0.1, 0.15) is 17.0 Å². The van der Waals surface area contributed by atoms with Crippen molar-refractivity contribution in [2.24, 2.45) is 0 Å². The monoisotopic (exact) mass is 307 g/mol. The number of aliphatic carboxylic acids is 1. The van der Waals surface area contributed by atoms with Crippen LogP contribution in [0.2, 0.25) is 0 Å². The summed E-state index contributed by atoms with van der Waals surface area (Å²) in [6.07, 6.45) is 0.562. The van der Waals surface area contributed by atoms with Crippen LogP contribution in [0.5, 0.6) is 5.75 Å². The molecule has 0 radical (unpaired) electrons. The second kappa shape index (κ2) is 7.19. The fourth-order valence-corrected chi connectivity index (χ4v) is 2.99. The number of rotatable bonds is 7. The summed E-state index contributed by atoms with van der Waals surface area (Å²) in [4.78, 5) is 16.3. The highest BCUT2D eigenvalue weighted by Crippen LogP contribution is 2.31. The van der Waals surface area contributed by atoms with Gasteiger partial charge in [-0.05, 0) is 18.6 Å². The van der Waals surface area contributed by atoms with Gasteiger partial charge in [-0.3, -0.25) is 4.79 Å². The van der Waals surface area contributed by atoms with Crippen LogP contribution in [0.15, 0.2) is 24.3 Å². The van der Waals surface area contributed by atoms with Crippen LogP contribution in [0.3, 0.4) is 0 Å². The Balaban J connectivity index is 2.30. The molecule has 1 aromatic heterocycles. The zero-order chi connectivity index (χ0) is 15.2. The fraction of sp³-hybridized carbons (Fsp3) is 0.333. The number of hydrogen-bond donors (Lipinski definition) is 1. The van der Waals surface area contributed by atoms with E-state index in [1.54, 1.807) is 14.2 Å². The van der Waals surface area contributed by atoms with Gasteiger partial charge in [-0.2, -0.15) is 0 Å². The largest absolute Gasteiger partial charge is 0.497 e. The minimum Gasteiger partial charge on any atom is -0.497 e. The molecule has 0 aliphatic carbocycles. The lowest BCUT2D eigenvalue weighted by atomic mass is 10.2. The van der Waals surface area contributed by atoms with Crippen molar-refractivity contribution < 1.29 is 19.4 Å². The number of hydrogen-bond acceptors (Lipinski definition) is 5. The van der Waals surface area contributed by atoms with E-state index in [-0.39, 0.29) is 6.42 Å². The van der Waals surface area contributed by atoms with Crippen molar-refractivity contribution in [2.45, 2.75) is 19.4 Å². The number of thiazole rings is 1. The van der Waals surface area contributed by atoms with Crippen molar-refractivity contribution in [2.75, 3.05) is 14.2 Å². The molecule has 6 heteroatoms. The summed E-state index contributed by atoms with van der Waals surface area (Å²) in [6.45, 7) is 0.384. The van der Waals surface area contributed by atoms with E-state index in [1.807, 2.05) is 24.3 Å². The first-order valence-electron chi connectivity index (χ1n) is 6.47. The Kier molecular flexibility index (Phi) is 5.30. The highest BCUT2D eigenvalue weighted by Gasteiger charge is 2.14. The van der Waals surface area contributed by atoms with E-state index in [0.717, 1.165) is 26.9 Å². The molecule has 0 amide bonds. The Morgan fingerprint density at radius 3 is 2.86 bits per heavy atom. The smallest absolute Gasteiger partial charge is 0.303 e. The lowest BCUT2D eigenvalue weighted by Gasteiger charge is -2.01. The van der Waals surface area contributed by atoms with Gasteiger partial charge < -0.3 is 14.6 Å². The second-order valence-corrected chi connectivity index (χ2v) is 5.53. The summed E-state index contributed by atoms with van der Waals surface area (Å²) in [6, 6.07) is 7.65. The van der Waals surface area contributed by atoms with Crippen molar-refractivity contribution in [3.63, 3.8) is 0 Å². The molecule has 21 heavy (non-hydrogen) atoms. The third-order valence-electron chi connectivity index (χ3n) is 2.94. The Hall–Kier alpha value is -1.92. The summed E-state index contributed by atoms with van der Waals surface area (Å²) < 4.78 is 10.4. The minimum absolute atomic E-state index is 0.0937. The molecule has 2 aromatic rings. The number of ether oxygens (including phenoxy) is 2. The molecule has 0 bridgehead atoms. The van der Waals surface area contributed by atoms with Crippen molar-refractivity contribution in [1.29, 1.82) is 0 Å². The van der Waals surface area contributed by atoms with Gasteiger partial charge in [0.2, 0.25) is 0 Å². The number of methoxy groups -OCH3 is 2. The molecule has 0 atom stereocenters. The van der Waals surface area contributed by atoms with E-state index in [9.17, 15) is 4.79 Å². The molecule has 0 saturated carbocycles. The third-order valence-corrected chi connectivity index (χ3v) is 4.15. The van der Waals surface area contributed by atoms with E-state index >= 15 is 0 Å². The maximum Gasteiger partial charge on any atom is 0.303 e. The predicted octanol–water partition coefficient (Wildman–Crippen LogP) is 2.98. The van der Waals surface area contributed by atoms with Gasteiger partial charge in [0.1, 0.15) is 10.8 Å². The average Bonchev–Trinajstić information content (AvgIpc) is 2.89. The van der Waals surface area contributed by atoms with E-state index < -0.39 is 5.97 Å². The number of carboxylic acids is 1. The molecule has 0 saturated heterocycles. The Bertz CT molecular complexity index is 624. The maximum atomic E-state index is 10.7. The van der Waals surface area contributed by atoms with Crippen LogP contribution in [0.4, 0.5) is 0 Å². The lowest BCUT2D eigenvalue weighted by molar-refractivity contribution is -0.136. The molecule has 0 unspecified atom stereocenters. The van der Waals surface area contributed by atoms with E-state index in [1.165, 1.54) is 11.3 Å². The number of aromatic nitrogens is 1. The molecule has 0 fully saturated rings. The molecule has 5 nitrogen and oxygen atoms in total. The van der Waals surface area contributed by atoms with Crippen molar-refractivity contribution >= 4 is 17.3 Å². The van der Waals surface area contributed by atoms with Crippen LogP contribution in [0, 0.1) is 0 Å². The number of nitrogens with zero attached hydrogens (tertiary/aromatic N) is 1. The normalized spacial score (nSPS) is 10.6. The van der Waals surface area contributed by atoms with Gasteiger partial charge in [-0.25, -0.2) is 4.98 Å². The molecular weight excluding hydrogens is 290 g/mol. The second-order valence-electron chi connectivity index (χ2n) is 4.45. The number of aryl methyl sites for hydroxylation is 1. The van der Waals surface area contributed by atoms with Crippen molar-refractivity contribution in [1.82, 2.24) is 4.98 Å². The van der Waals surface area contributed by atoms with Gasteiger partial charge in [0.05, 0.1) is 25.8 Å². The molecule has 1 heterocycles. The van der Waals surface area contributed by atoms with Gasteiger partial charge in [0.25, 0.3) is 0 Å². The first-order valence-corrected chi connectivity index (χ1v) is 7.29. The zero-order valence-corrected chi connectivity index (χ0v) is 12.8. The first-order chi connectivity index (χ1) is 10.1. The first kappa shape index (κ1) is 15.5. The van der Waals surface area contributed by atoms with E-state index in [2.05, 4.69) is 4.98 Å². The maximum absolute atomic E-state index is 10.7. The van der Waals surface area contributed by atoms with Crippen LogP contribution in [-0.2, 0) is 22.6 Å². The molecule has 2 rings (SSSR count). The minimum atomic E-state index is -0.810. The molecule has 0 spiro atoms. The standard InChI is InChI=1S/C15H17NO4S/c1-19-9-12-13(6-7-14(17)18)21-15(16-12)10-4-3-5-11(8-10)20-2/h3-5,8H,6-7,9H2,1-2H3,(H,17,18). The van der Waals surface area contributed by atoms with Crippen molar-refractivity contribution in [3.05, 3.63) is 34.8 Å². The molecule has 112 valence electrons. The number of benzene rings is 1. The highest BCUT2D eigenvalue weighted by molar-refractivity contribution is 7.15. The van der Waals surface area contributed by atoms with Gasteiger partial charge in [0, 0.05) is 17.6 Å². The summed E-state index contributed by atoms with van der Waals surface area (Å²) in [7, 11) is 3.22. The lowest BCUT2D eigenvalue weighted by Crippen LogP contribution is -1.99. The van der Waals surface area contributed by atoms with Crippen LogP contribution < -0.4 is 4.74 Å². The Morgan fingerprint density at radius 2 is 2.19 bits per heavy atom. The van der Waals surface area contributed by atoms with Crippen LogP contribution in [0.25, 0.3) is 10.6 Å². The van der Waals surface area contributed by atoms with Crippen molar-refractivity contribution in [3.8, 4) is 16.3 Å². The molecule has 0 aliphatic rings. The topological polar surface area (TPSA) is 68.7 Å². The predicted molar refractivity (Wildman–Crippen MR) is 80.8 cm³/mol. The van der Waals surface area contributed by atoms with Gasteiger partial charge in [-0.1, -0.05) is 12.1 Å². The quantitative estimate of drug-likeness (QED) is 0.851. The number of carboxylic acid groups (broad SMARTS) is 1. The Labute approximate surface area is 127 Å². The molecule has 1 aromatic carbocycles. The number of carbonyl (C=O) groups is 1. The van der Waals surface area contributed by atoms with Crippen LogP contribution >= 0.6 is 11.3 Å².